The summed E-state index contributed by atoms with van der Waals surface area (Å²) in [5, 5.41) is 11.6. The average Bonchev–Trinajstić information content (AvgIpc) is 2.35. The zero-order valence-corrected chi connectivity index (χ0v) is 10.7. The number of carbonyl (C=O) groups excluding carboxylic acids is 1. The Bertz CT molecular complexity index is 482. The van der Waals surface area contributed by atoms with Crippen molar-refractivity contribution in [2.24, 2.45) is 0 Å². The highest BCUT2D eigenvalue weighted by Crippen LogP contribution is 2.13. The summed E-state index contributed by atoms with van der Waals surface area (Å²) < 4.78 is 5.04. The highest BCUT2D eigenvalue weighted by molar-refractivity contribution is 6.01. The Balaban J connectivity index is 2.90. The van der Waals surface area contributed by atoms with E-state index in [1.54, 1.807) is 37.5 Å². The van der Waals surface area contributed by atoms with E-state index >= 15 is 0 Å². The summed E-state index contributed by atoms with van der Waals surface area (Å²) in [4.78, 5) is 11.7. The molecule has 18 heavy (non-hydrogen) atoms. The molecule has 0 aliphatic rings. The molecule has 0 aliphatic carbocycles. The Kier molecular flexibility index (Phi) is 4.94. The maximum atomic E-state index is 11.7. The van der Waals surface area contributed by atoms with Crippen LogP contribution in [0, 0.1) is 11.3 Å². The van der Waals surface area contributed by atoms with Crippen LogP contribution in [0.4, 0.5) is 0 Å². The standard InChI is InChI=1S/C14H16N2O2/c1-10(2)16-14(17)12(9-15)8-11-4-6-13(18-3)7-5-11/h4-8,10H,1-3H3,(H,16,17)/b12-8+. The van der Waals surface area contributed by atoms with E-state index in [0.29, 0.717) is 0 Å². The lowest BCUT2D eigenvalue weighted by Crippen LogP contribution is -2.30. The number of rotatable bonds is 4. The molecule has 1 amide bonds. The second-order valence-electron chi connectivity index (χ2n) is 4.07. The number of ether oxygens (including phenoxy) is 1. The Morgan fingerprint density at radius 2 is 2.00 bits per heavy atom. The van der Waals surface area contributed by atoms with Gasteiger partial charge < -0.3 is 10.1 Å². The number of nitrogens with one attached hydrogen (secondary N) is 1. The van der Waals surface area contributed by atoms with Gasteiger partial charge in [0.15, 0.2) is 0 Å². The zero-order chi connectivity index (χ0) is 13.5. The summed E-state index contributed by atoms with van der Waals surface area (Å²) in [5.74, 6) is 0.376. The lowest BCUT2D eigenvalue weighted by atomic mass is 10.1. The van der Waals surface area contributed by atoms with Crippen molar-refractivity contribution in [2.45, 2.75) is 19.9 Å². The first-order valence-corrected chi connectivity index (χ1v) is 5.63. The molecule has 0 radical (unpaired) electrons. The van der Waals surface area contributed by atoms with Crippen LogP contribution in [-0.2, 0) is 4.79 Å². The number of hydrogen-bond donors (Lipinski definition) is 1. The summed E-state index contributed by atoms with van der Waals surface area (Å²) in [5.41, 5.74) is 0.875. The largest absolute Gasteiger partial charge is 0.497 e. The molecule has 0 spiro atoms. The molecule has 0 fully saturated rings. The maximum absolute atomic E-state index is 11.7. The van der Waals surface area contributed by atoms with E-state index in [1.165, 1.54) is 0 Å². The first-order valence-electron chi connectivity index (χ1n) is 5.63. The molecule has 1 N–H and O–H groups in total. The van der Waals surface area contributed by atoms with Gasteiger partial charge in [-0.2, -0.15) is 5.26 Å². The highest BCUT2D eigenvalue weighted by atomic mass is 16.5. The van der Waals surface area contributed by atoms with Crippen molar-refractivity contribution in [3.8, 4) is 11.8 Å². The van der Waals surface area contributed by atoms with Crippen molar-refractivity contribution in [3.63, 3.8) is 0 Å². The van der Waals surface area contributed by atoms with Gasteiger partial charge in [0.2, 0.25) is 0 Å². The van der Waals surface area contributed by atoms with Crippen molar-refractivity contribution < 1.29 is 9.53 Å². The average molecular weight is 244 g/mol. The van der Waals surface area contributed by atoms with Gasteiger partial charge in [-0.1, -0.05) is 12.1 Å². The first kappa shape index (κ1) is 13.8. The molecule has 4 nitrogen and oxygen atoms in total. The van der Waals surface area contributed by atoms with E-state index in [2.05, 4.69) is 5.32 Å². The van der Waals surface area contributed by atoms with Crippen LogP contribution in [0.1, 0.15) is 19.4 Å². The van der Waals surface area contributed by atoms with Gasteiger partial charge in [-0.3, -0.25) is 4.79 Å². The third kappa shape index (κ3) is 3.95. The highest BCUT2D eigenvalue weighted by Gasteiger charge is 2.09. The molecule has 0 heterocycles. The Morgan fingerprint density at radius 1 is 1.39 bits per heavy atom. The van der Waals surface area contributed by atoms with Crippen molar-refractivity contribution in [3.05, 3.63) is 35.4 Å². The van der Waals surface area contributed by atoms with Crippen LogP contribution in [-0.4, -0.2) is 19.1 Å². The van der Waals surface area contributed by atoms with Gasteiger partial charge in [-0.05, 0) is 37.6 Å². The molecule has 94 valence electrons. The van der Waals surface area contributed by atoms with Crippen LogP contribution in [0.5, 0.6) is 5.75 Å². The Morgan fingerprint density at radius 3 is 2.44 bits per heavy atom. The van der Waals surface area contributed by atoms with Gasteiger partial charge in [-0.15, -0.1) is 0 Å². The fraction of sp³-hybridized carbons (Fsp3) is 0.286. The fourth-order valence-electron chi connectivity index (χ4n) is 1.36. The SMILES string of the molecule is COc1ccc(/C=C(\C#N)C(=O)NC(C)C)cc1. The van der Waals surface area contributed by atoms with Crippen LogP contribution in [0.15, 0.2) is 29.8 Å². The van der Waals surface area contributed by atoms with E-state index in [-0.39, 0.29) is 17.5 Å². The van der Waals surface area contributed by atoms with Crippen molar-refractivity contribution >= 4 is 12.0 Å². The third-order valence-corrected chi connectivity index (χ3v) is 2.21. The fourth-order valence-corrected chi connectivity index (χ4v) is 1.36. The second kappa shape index (κ2) is 6.45. The van der Waals surface area contributed by atoms with E-state index in [0.717, 1.165) is 11.3 Å². The number of carbonyl (C=O) groups is 1. The minimum atomic E-state index is -0.358. The first-order chi connectivity index (χ1) is 8.56. The summed E-state index contributed by atoms with van der Waals surface area (Å²) in [6, 6.07) is 9.05. The van der Waals surface area contributed by atoms with Crippen LogP contribution >= 0.6 is 0 Å². The number of nitrogens with zero attached hydrogens (tertiary/aromatic N) is 1. The molecule has 1 aromatic carbocycles. The Hall–Kier alpha value is -2.28. The third-order valence-electron chi connectivity index (χ3n) is 2.21. The van der Waals surface area contributed by atoms with Gasteiger partial charge >= 0.3 is 0 Å². The molecule has 1 rings (SSSR count). The van der Waals surface area contributed by atoms with Crippen LogP contribution in [0.2, 0.25) is 0 Å². The van der Waals surface area contributed by atoms with E-state index in [4.69, 9.17) is 10.00 Å². The van der Waals surface area contributed by atoms with Gasteiger partial charge in [0.25, 0.3) is 5.91 Å². The smallest absolute Gasteiger partial charge is 0.262 e. The molecule has 0 saturated carbocycles. The number of amides is 1. The van der Waals surface area contributed by atoms with Gasteiger partial charge in [-0.25, -0.2) is 0 Å². The number of methoxy groups -OCH3 is 1. The van der Waals surface area contributed by atoms with Crippen molar-refractivity contribution in [1.82, 2.24) is 5.32 Å². The van der Waals surface area contributed by atoms with E-state index in [1.807, 2.05) is 19.9 Å². The molecular weight excluding hydrogens is 228 g/mol. The monoisotopic (exact) mass is 244 g/mol. The number of nitriles is 1. The lowest BCUT2D eigenvalue weighted by molar-refractivity contribution is -0.117. The van der Waals surface area contributed by atoms with Gasteiger partial charge in [0.1, 0.15) is 17.4 Å². The molecule has 0 atom stereocenters. The number of hydrogen-bond acceptors (Lipinski definition) is 3. The summed E-state index contributed by atoms with van der Waals surface area (Å²) in [6.45, 7) is 3.69. The van der Waals surface area contributed by atoms with Crippen molar-refractivity contribution in [2.75, 3.05) is 7.11 Å². The number of benzene rings is 1. The van der Waals surface area contributed by atoms with E-state index in [9.17, 15) is 4.79 Å². The second-order valence-corrected chi connectivity index (χ2v) is 4.07. The van der Waals surface area contributed by atoms with Gasteiger partial charge in [0, 0.05) is 6.04 Å². The predicted molar refractivity (Wildman–Crippen MR) is 69.9 cm³/mol. The van der Waals surface area contributed by atoms with Gasteiger partial charge in [0.05, 0.1) is 7.11 Å². The van der Waals surface area contributed by atoms with Crippen LogP contribution in [0.25, 0.3) is 6.08 Å². The normalized spacial score (nSPS) is 10.9. The molecule has 0 unspecified atom stereocenters. The summed E-state index contributed by atoms with van der Waals surface area (Å²) >= 11 is 0. The summed E-state index contributed by atoms with van der Waals surface area (Å²) in [6.07, 6.45) is 1.55. The lowest BCUT2D eigenvalue weighted by Gasteiger charge is -2.07. The summed E-state index contributed by atoms with van der Waals surface area (Å²) in [7, 11) is 1.58. The topological polar surface area (TPSA) is 62.1 Å². The molecule has 4 heteroatoms. The maximum Gasteiger partial charge on any atom is 0.262 e. The molecule has 0 saturated heterocycles. The zero-order valence-electron chi connectivity index (χ0n) is 10.7. The minimum absolute atomic E-state index is 0.00474. The molecule has 0 bridgehead atoms. The molecule has 1 aromatic rings. The minimum Gasteiger partial charge on any atom is -0.497 e. The molecule has 0 aromatic heterocycles. The van der Waals surface area contributed by atoms with Crippen molar-refractivity contribution in [1.29, 1.82) is 5.26 Å². The predicted octanol–water partition coefficient (Wildman–Crippen LogP) is 2.13. The van der Waals surface area contributed by atoms with Crippen LogP contribution < -0.4 is 10.1 Å². The quantitative estimate of drug-likeness (QED) is 0.652. The molecular formula is C14H16N2O2. The molecule has 0 aliphatic heterocycles. The van der Waals surface area contributed by atoms with Crippen LogP contribution in [0.3, 0.4) is 0 Å². The Labute approximate surface area is 107 Å². The van der Waals surface area contributed by atoms with E-state index < -0.39 is 0 Å².